The quantitative estimate of drug-likeness (QED) is 0.500. The summed E-state index contributed by atoms with van der Waals surface area (Å²) >= 11 is 0. The normalized spacial score (nSPS) is 13.5. The first-order valence-corrected chi connectivity index (χ1v) is 8.79. The van der Waals surface area contributed by atoms with Crippen molar-refractivity contribution in [2.45, 2.75) is 25.7 Å². The molecule has 9 heteroatoms. The summed E-state index contributed by atoms with van der Waals surface area (Å²) < 4.78 is 6.89. The van der Waals surface area contributed by atoms with Gasteiger partial charge in [-0.25, -0.2) is 19.3 Å². The molecule has 0 spiro atoms. The fourth-order valence-electron chi connectivity index (χ4n) is 2.56. The molecule has 3 aromatic heterocycles. The van der Waals surface area contributed by atoms with Crippen LogP contribution in [0.3, 0.4) is 0 Å². The highest BCUT2D eigenvalue weighted by Gasteiger charge is 2.29. The Hall–Kier alpha value is -3.36. The van der Waals surface area contributed by atoms with E-state index in [9.17, 15) is 9.59 Å². The molecule has 1 aliphatic rings. The van der Waals surface area contributed by atoms with Gasteiger partial charge in [0, 0.05) is 30.9 Å². The van der Waals surface area contributed by atoms with Gasteiger partial charge >= 0.3 is 5.97 Å². The van der Waals surface area contributed by atoms with E-state index in [0.29, 0.717) is 35.8 Å². The molecule has 0 aliphatic heterocycles. The zero-order valence-electron chi connectivity index (χ0n) is 14.5. The molecule has 1 amide bonds. The lowest BCUT2D eigenvalue weighted by molar-refractivity contribution is -0.117. The Kier molecular flexibility index (Phi) is 4.73. The van der Waals surface area contributed by atoms with Crippen LogP contribution >= 0.6 is 0 Å². The van der Waals surface area contributed by atoms with Crippen LogP contribution in [0.2, 0.25) is 0 Å². The first-order chi connectivity index (χ1) is 13.2. The van der Waals surface area contributed by atoms with Gasteiger partial charge in [-0.1, -0.05) is 0 Å². The minimum absolute atomic E-state index is 0.0533. The van der Waals surface area contributed by atoms with E-state index in [1.165, 1.54) is 12.3 Å². The number of aryl methyl sites for hydroxylation is 1. The minimum atomic E-state index is -0.455. The molecule has 9 nitrogen and oxygen atoms in total. The van der Waals surface area contributed by atoms with E-state index in [2.05, 4.69) is 25.4 Å². The van der Waals surface area contributed by atoms with Crippen molar-refractivity contribution in [2.24, 2.45) is 5.92 Å². The topological polar surface area (TPSA) is 111 Å². The molecule has 0 saturated heterocycles. The van der Waals surface area contributed by atoms with E-state index < -0.39 is 5.97 Å². The number of ether oxygens (including phenoxy) is 1. The number of fused-ring (bicyclic) bond motifs is 1. The Bertz CT molecular complexity index is 949. The number of aromatic nitrogens is 5. The second kappa shape index (κ2) is 7.48. The molecule has 0 bridgehead atoms. The third-order valence-corrected chi connectivity index (χ3v) is 4.13. The number of hydrogen-bond donors (Lipinski definition) is 1. The van der Waals surface area contributed by atoms with Crippen LogP contribution in [0, 0.1) is 5.92 Å². The van der Waals surface area contributed by atoms with Crippen molar-refractivity contribution in [3.63, 3.8) is 0 Å². The molecule has 1 N–H and O–H groups in total. The zero-order valence-corrected chi connectivity index (χ0v) is 14.5. The maximum Gasteiger partial charge on any atom is 0.338 e. The van der Waals surface area contributed by atoms with Crippen LogP contribution in [0.25, 0.3) is 5.78 Å². The standard InChI is InChI=1S/C18H18N6O3/c25-16(12-4-5-12)21-15-11-13(6-8-19-15)17(26)27-10-1-3-14-22-18-20-7-2-9-24(18)23-14/h2,6-9,11-12H,1,3-5,10H2,(H,19,21,25). The van der Waals surface area contributed by atoms with Gasteiger partial charge < -0.3 is 10.1 Å². The van der Waals surface area contributed by atoms with Crippen molar-refractivity contribution in [1.29, 1.82) is 0 Å². The van der Waals surface area contributed by atoms with Gasteiger partial charge in [0.05, 0.1) is 12.2 Å². The van der Waals surface area contributed by atoms with E-state index in [0.717, 1.165) is 12.8 Å². The second-order valence-electron chi connectivity index (χ2n) is 6.33. The summed E-state index contributed by atoms with van der Waals surface area (Å²) in [4.78, 5) is 36.4. The van der Waals surface area contributed by atoms with Crippen molar-refractivity contribution < 1.29 is 14.3 Å². The first-order valence-electron chi connectivity index (χ1n) is 8.79. The lowest BCUT2D eigenvalue weighted by Gasteiger charge is -2.06. The van der Waals surface area contributed by atoms with Gasteiger partial charge in [0.25, 0.3) is 5.78 Å². The Balaban J connectivity index is 1.26. The lowest BCUT2D eigenvalue weighted by Crippen LogP contribution is -2.15. The molecular formula is C18H18N6O3. The Morgan fingerprint density at radius 2 is 2.15 bits per heavy atom. The average Bonchev–Trinajstić information content (AvgIpc) is 3.45. The van der Waals surface area contributed by atoms with E-state index in [1.807, 2.05) is 0 Å². The van der Waals surface area contributed by atoms with Crippen molar-refractivity contribution in [2.75, 3.05) is 11.9 Å². The zero-order chi connectivity index (χ0) is 18.6. The third kappa shape index (κ3) is 4.25. The molecule has 0 unspecified atom stereocenters. The SMILES string of the molecule is O=C(OCCCc1nc2ncccn2n1)c1ccnc(NC(=O)C2CC2)c1. The summed E-state index contributed by atoms with van der Waals surface area (Å²) in [7, 11) is 0. The largest absolute Gasteiger partial charge is 0.462 e. The van der Waals surface area contributed by atoms with Gasteiger partial charge in [-0.3, -0.25) is 4.79 Å². The monoisotopic (exact) mass is 366 g/mol. The van der Waals surface area contributed by atoms with Gasteiger partial charge in [0.15, 0.2) is 5.82 Å². The van der Waals surface area contributed by atoms with E-state index in [-0.39, 0.29) is 18.4 Å². The van der Waals surface area contributed by atoms with E-state index >= 15 is 0 Å². The number of pyridine rings is 1. The minimum Gasteiger partial charge on any atom is -0.462 e. The predicted molar refractivity (Wildman–Crippen MR) is 95.0 cm³/mol. The van der Waals surface area contributed by atoms with Crippen LogP contribution in [0.15, 0.2) is 36.8 Å². The summed E-state index contributed by atoms with van der Waals surface area (Å²) in [6.07, 6.45) is 7.91. The van der Waals surface area contributed by atoms with E-state index in [1.54, 1.807) is 29.0 Å². The fraction of sp³-hybridized carbons (Fsp3) is 0.333. The number of nitrogens with one attached hydrogen (secondary N) is 1. The highest BCUT2D eigenvalue weighted by Crippen LogP contribution is 2.29. The Morgan fingerprint density at radius 3 is 2.96 bits per heavy atom. The van der Waals surface area contributed by atoms with Crippen LogP contribution in [0.4, 0.5) is 5.82 Å². The fourth-order valence-corrected chi connectivity index (χ4v) is 2.56. The Morgan fingerprint density at radius 1 is 1.26 bits per heavy atom. The van der Waals surface area contributed by atoms with Crippen molar-refractivity contribution in [1.82, 2.24) is 24.6 Å². The summed E-state index contributed by atoms with van der Waals surface area (Å²) in [6, 6.07) is 4.87. The van der Waals surface area contributed by atoms with Gasteiger partial charge in [0.1, 0.15) is 5.82 Å². The van der Waals surface area contributed by atoms with Gasteiger partial charge in [-0.15, -0.1) is 5.10 Å². The molecule has 0 radical (unpaired) electrons. The predicted octanol–water partition coefficient (Wildman–Crippen LogP) is 1.66. The molecular weight excluding hydrogens is 348 g/mol. The molecule has 4 rings (SSSR count). The van der Waals surface area contributed by atoms with Crippen LogP contribution in [-0.4, -0.2) is 43.0 Å². The third-order valence-electron chi connectivity index (χ3n) is 4.13. The van der Waals surface area contributed by atoms with E-state index in [4.69, 9.17) is 4.74 Å². The number of hydrogen-bond acceptors (Lipinski definition) is 7. The van der Waals surface area contributed by atoms with Crippen LogP contribution in [0.5, 0.6) is 0 Å². The van der Waals surface area contributed by atoms with Crippen molar-refractivity contribution in [3.8, 4) is 0 Å². The molecule has 3 heterocycles. The molecule has 0 aromatic carbocycles. The molecule has 1 saturated carbocycles. The van der Waals surface area contributed by atoms with Gasteiger partial charge in [-0.05, 0) is 37.5 Å². The smallest absolute Gasteiger partial charge is 0.338 e. The molecule has 3 aromatic rings. The highest BCUT2D eigenvalue weighted by molar-refractivity contribution is 5.95. The van der Waals surface area contributed by atoms with Crippen LogP contribution in [0.1, 0.15) is 35.4 Å². The molecule has 1 fully saturated rings. The van der Waals surface area contributed by atoms with Crippen LogP contribution < -0.4 is 5.32 Å². The van der Waals surface area contributed by atoms with Gasteiger partial charge in [0.2, 0.25) is 5.91 Å². The number of nitrogens with zero attached hydrogens (tertiary/aromatic N) is 5. The molecule has 138 valence electrons. The first kappa shape index (κ1) is 17.1. The van der Waals surface area contributed by atoms with Crippen molar-refractivity contribution in [3.05, 3.63) is 48.2 Å². The average molecular weight is 366 g/mol. The number of carbonyl (C=O) groups is 2. The number of amides is 1. The maximum atomic E-state index is 12.2. The highest BCUT2D eigenvalue weighted by atomic mass is 16.5. The molecule has 1 aliphatic carbocycles. The number of anilines is 1. The van der Waals surface area contributed by atoms with Gasteiger partial charge in [-0.2, -0.15) is 4.98 Å². The second-order valence-corrected chi connectivity index (χ2v) is 6.33. The maximum absolute atomic E-state index is 12.2. The molecule has 27 heavy (non-hydrogen) atoms. The number of carbonyl (C=O) groups excluding carboxylic acids is 2. The Labute approximate surface area is 154 Å². The van der Waals surface area contributed by atoms with Crippen LogP contribution in [-0.2, 0) is 16.0 Å². The summed E-state index contributed by atoms with van der Waals surface area (Å²) in [5, 5.41) is 7.02. The molecule has 0 atom stereocenters. The number of esters is 1. The summed E-state index contributed by atoms with van der Waals surface area (Å²) in [6.45, 7) is 0.244. The van der Waals surface area contributed by atoms with Crippen molar-refractivity contribution >= 4 is 23.5 Å². The number of rotatable bonds is 7. The lowest BCUT2D eigenvalue weighted by atomic mass is 10.2. The summed E-state index contributed by atoms with van der Waals surface area (Å²) in [5.41, 5.74) is 0.353. The summed E-state index contributed by atoms with van der Waals surface area (Å²) in [5.74, 6) is 1.13.